The predicted octanol–water partition coefficient (Wildman–Crippen LogP) is 4.12. The minimum absolute atomic E-state index is 0.103. The summed E-state index contributed by atoms with van der Waals surface area (Å²) in [5, 5.41) is 5.48. The number of esters is 2. The Morgan fingerprint density at radius 1 is 1.24 bits per heavy atom. The molecule has 1 aromatic carbocycles. The fourth-order valence-electron chi connectivity index (χ4n) is 5.80. The fourth-order valence-corrected chi connectivity index (χ4v) is 6.62. The number of carbonyl (C=O) groups is 3. The number of thiazole rings is 1. The minimum atomic E-state index is -1.00. The van der Waals surface area contributed by atoms with Gasteiger partial charge in [0.1, 0.15) is 23.5 Å². The van der Waals surface area contributed by atoms with Crippen molar-refractivity contribution in [3.63, 3.8) is 0 Å². The second kappa shape index (κ2) is 13.4. The van der Waals surface area contributed by atoms with Gasteiger partial charge in [0.25, 0.3) is 0 Å². The molecule has 2 fully saturated rings. The Morgan fingerprint density at radius 3 is 2.67 bits per heavy atom. The van der Waals surface area contributed by atoms with Gasteiger partial charge in [-0.3, -0.25) is 19.5 Å². The standard InChI is InChI=1S/C32H39ClFN5O6S/c1-7-43-29(41)22-20(36-26(27-35-11-14-46-27)37-24(22)18-9-8-10-19(34)23(18)33)15-38-12-13-44-21-16-39(28(40)25(21)38)17-32(5,6)30(42)45-31(2,3)4/h8-11,14,21,24-25H,7,12-13,15-17H2,1-6H3,(H,36,37)/t21-,24-,25-/m0/s1. The summed E-state index contributed by atoms with van der Waals surface area (Å²) in [6.07, 6.45) is 1.18. The van der Waals surface area contributed by atoms with E-state index in [0.29, 0.717) is 41.8 Å². The average Bonchev–Trinajstić information content (AvgIpc) is 3.62. The van der Waals surface area contributed by atoms with Crippen molar-refractivity contribution in [3.05, 3.63) is 62.5 Å². The molecule has 0 radical (unpaired) electrons. The lowest BCUT2D eigenvalue weighted by Crippen LogP contribution is -2.54. The van der Waals surface area contributed by atoms with Gasteiger partial charge in [-0.15, -0.1) is 11.3 Å². The number of nitrogens with one attached hydrogen (secondary N) is 1. The van der Waals surface area contributed by atoms with E-state index in [0.717, 1.165) is 0 Å². The molecule has 2 saturated heterocycles. The summed E-state index contributed by atoms with van der Waals surface area (Å²) >= 11 is 7.79. The number of benzene rings is 1. The topological polar surface area (TPSA) is 123 Å². The van der Waals surface area contributed by atoms with Crippen LogP contribution >= 0.6 is 22.9 Å². The molecule has 0 aliphatic carbocycles. The maximum atomic E-state index is 14.7. The molecular formula is C32H39ClFN5O6S. The van der Waals surface area contributed by atoms with Gasteiger partial charge in [-0.25, -0.2) is 14.2 Å². The number of rotatable bonds is 9. The van der Waals surface area contributed by atoms with Crippen LogP contribution in [0.2, 0.25) is 5.02 Å². The normalized spacial score (nSPS) is 22.3. The van der Waals surface area contributed by atoms with Gasteiger partial charge >= 0.3 is 11.9 Å². The summed E-state index contributed by atoms with van der Waals surface area (Å²) in [6.45, 7) is 12.1. The number of amides is 1. The van der Waals surface area contributed by atoms with E-state index in [9.17, 15) is 18.8 Å². The van der Waals surface area contributed by atoms with Crippen molar-refractivity contribution in [1.29, 1.82) is 0 Å². The highest BCUT2D eigenvalue weighted by atomic mass is 35.5. The maximum Gasteiger partial charge on any atom is 0.338 e. The number of fused-ring (bicyclic) bond motifs is 1. The highest BCUT2D eigenvalue weighted by molar-refractivity contribution is 7.11. The highest BCUT2D eigenvalue weighted by Gasteiger charge is 2.49. The van der Waals surface area contributed by atoms with Crippen molar-refractivity contribution >= 4 is 46.6 Å². The van der Waals surface area contributed by atoms with E-state index in [1.54, 1.807) is 64.1 Å². The van der Waals surface area contributed by atoms with Crippen LogP contribution in [-0.4, -0.2) is 95.6 Å². The Bertz CT molecular complexity index is 1560. The highest BCUT2D eigenvalue weighted by Crippen LogP contribution is 2.38. The first-order valence-corrected chi connectivity index (χ1v) is 16.4. The SMILES string of the molecule is CCOC(=O)C1=C(CN2CCO[C@H]3CN(CC(C)(C)C(=O)OC(C)(C)C)C(=O)[C@H]32)NC(c2nccs2)=N[C@H]1c1cccc(F)c1Cl. The molecule has 3 aliphatic heterocycles. The molecule has 1 aromatic heterocycles. The van der Waals surface area contributed by atoms with Crippen molar-refractivity contribution < 1.29 is 33.0 Å². The predicted molar refractivity (Wildman–Crippen MR) is 171 cm³/mol. The van der Waals surface area contributed by atoms with E-state index in [2.05, 4.69) is 10.3 Å². The van der Waals surface area contributed by atoms with Gasteiger partial charge in [0.15, 0.2) is 10.8 Å². The van der Waals surface area contributed by atoms with Crippen LogP contribution < -0.4 is 5.32 Å². The summed E-state index contributed by atoms with van der Waals surface area (Å²) in [6, 6.07) is 2.70. The summed E-state index contributed by atoms with van der Waals surface area (Å²) < 4.78 is 31.8. The van der Waals surface area contributed by atoms with Crippen LogP contribution in [0.3, 0.4) is 0 Å². The van der Waals surface area contributed by atoms with Gasteiger partial charge in [-0.05, 0) is 47.6 Å². The van der Waals surface area contributed by atoms with Crippen LogP contribution in [-0.2, 0) is 28.6 Å². The largest absolute Gasteiger partial charge is 0.463 e. The first-order valence-electron chi connectivity index (χ1n) is 15.2. The molecule has 11 nitrogen and oxygen atoms in total. The molecule has 5 rings (SSSR count). The summed E-state index contributed by atoms with van der Waals surface area (Å²) in [5.74, 6) is -1.48. The molecule has 1 N–H and O–H groups in total. The number of ether oxygens (including phenoxy) is 3. The fraction of sp³-hybridized carbons (Fsp3) is 0.531. The Hall–Kier alpha value is -3.39. The van der Waals surface area contributed by atoms with E-state index in [1.165, 1.54) is 23.5 Å². The number of aromatic nitrogens is 1. The average molecular weight is 676 g/mol. The number of likely N-dealkylation sites (tertiary alicyclic amines) is 1. The number of halogens is 2. The Morgan fingerprint density at radius 2 is 2.00 bits per heavy atom. The van der Waals surface area contributed by atoms with E-state index in [1.807, 2.05) is 4.90 Å². The number of amidine groups is 1. The number of carbonyl (C=O) groups excluding carboxylic acids is 3. The van der Waals surface area contributed by atoms with Crippen molar-refractivity contribution in [2.75, 3.05) is 39.4 Å². The zero-order chi connectivity index (χ0) is 33.4. The molecule has 0 unspecified atom stereocenters. The molecule has 4 heterocycles. The van der Waals surface area contributed by atoms with Gasteiger partial charge < -0.3 is 24.4 Å². The lowest BCUT2D eigenvalue weighted by atomic mass is 9.92. The number of aliphatic imine (C=N–C) groups is 1. The van der Waals surface area contributed by atoms with Crippen molar-refractivity contribution in [3.8, 4) is 0 Å². The van der Waals surface area contributed by atoms with Crippen LogP contribution in [0, 0.1) is 11.2 Å². The van der Waals surface area contributed by atoms with Crippen LogP contribution in [0.25, 0.3) is 0 Å². The maximum absolute atomic E-state index is 14.7. The second-order valence-corrected chi connectivity index (χ2v) is 14.3. The first-order chi connectivity index (χ1) is 21.7. The molecule has 46 heavy (non-hydrogen) atoms. The molecule has 14 heteroatoms. The van der Waals surface area contributed by atoms with E-state index in [4.69, 9.17) is 30.8 Å². The number of hydrogen-bond acceptors (Lipinski definition) is 11. The van der Waals surface area contributed by atoms with Gasteiger partial charge in [0.2, 0.25) is 5.91 Å². The van der Waals surface area contributed by atoms with Crippen LogP contribution in [0.5, 0.6) is 0 Å². The summed E-state index contributed by atoms with van der Waals surface area (Å²) in [4.78, 5) is 53.3. The lowest BCUT2D eigenvalue weighted by molar-refractivity contribution is -0.167. The Balaban J connectivity index is 1.49. The Labute approximate surface area is 276 Å². The quantitative estimate of drug-likeness (QED) is 0.391. The minimum Gasteiger partial charge on any atom is -0.463 e. The van der Waals surface area contributed by atoms with E-state index >= 15 is 0 Å². The second-order valence-electron chi connectivity index (χ2n) is 13.0. The third-order valence-corrected chi connectivity index (χ3v) is 9.03. The number of nitrogens with zero attached hydrogens (tertiary/aromatic N) is 4. The third kappa shape index (κ3) is 7.12. The van der Waals surface area contributed by atoms with Crippen molar-refractivity contribution in [2.45, 2.75) is 65.3 Å². The van der Waals surface area contributed by atoms with Crippen molar-refractivity contribution in [1.82, 2.24) is 20.1 Å². The zero-order valence-corrected chi connectivity index (χ0v) is 28.3. The van der Waals surface area contributed by atoms with Gasteiger partial charge in [0.05, 0.1) is 35.3 Å². The van der Waals surface area contributed by atoms with Gasteiger partial charge in [0, 0.05) is 49.0 Å². The molecule has 0 spiro atoms. The molecule has 1 amide bonds. The van der Waals surface area contributed by atoms with Crippen molar-refractivity contribution in [2.24, 2.45) is 10.4 Å². The molecule has 0 saturated carbocycles. The number of morpholine rings is 1. The molecule has 3 aliphatic rings. The molecule has 3 atom stereocenters. The lowest BCUT2D eigenvalue weighted by Gasteiger charge is -2.37. The van der Waals surface area contributed by atoms with E-state index in [-0.39, 0.29) is 36.2 Å². The monoisotopic (exact) mass is 675 g/mol. The van der Waals surface area contributed by atoms with Crippen LogP contribution in [0.15, 0.2) is 46.0 Å². The van der Waals surface area contributed by atoms with Gasteiger partial charge in [-0.2, -0.15) is 0 Å². The Kier molecular flexibility index (Phi) is 9.88. The third-order valence-electron chi connectivity index (χ3n) is 7.85. The van der Waals surface area contributed by atoms with Crippen LogP contribution in [0.1, 0.15) is 58.2 Å². The van der Waals surface area contributed by atoms with E-state index < -0.39 is 47.0 Å². The smallest absolute Gasteiger partial charge is 0.338 e. The summed E-state index contributed by atoms with van der Waals surface area (Å²) in [5.41, 5.74) is -0.730. The number of hydrogen-bond donors (Lipinski definition) is 1. The summed E-state index contributed by atoms with van der Waals surface area (Å²) in [7, 11) is 0. The zero-order valence-electron chi connectivity index (χ0n) is 26.8. The molecule has 2 aromatic rings. The molecular weight excluding hydrogens is 637 g/mol. The molecule has 0 bridgehead atoms. The van der Waals surface area contributed by atoms with Crippen LogP contribution in [0.4, 0.5) is 4.39 Å². The first kappa shape index (κ1) is 34.0. The van der Waals surface area contributed by atoms with Gasteiger partial charge in [-0.1, -0.05) is 23.7 Å². The molecule has 248 valence electrons.